The first-order valence-electron chi connectivity index (χ1n) is 9.93. The molecule has 1 atom stereocenters. The van der Waals surface area contributed by atoms with Gasteiger partial charge in [0.15, 0.2) is 6.61 Å². The SMILES string of the molecule is COCCOC(=O)C1=C(C)N(CCC(C)C)C(=O)N[C@@H]1c1ccc(OCC#N)cc1. The van der Waals surface area contributed by atoms with Crippen molar-refractivity contribution in [1.82, 2.24) is 10.2 Å². The van der Waals surface area contributed by atoms with Gasteiger partial charge in [0.1, 0.15) is 18.4 Å². The van der Waals surface area contributed by atoms with Gasteiger partial charge in [-0.05, 0) is 37.0 Å². The number of nitrogens with one attached hydrogen (secondary N) is 1. The van der Waals surface area contributed by atoms with Gasteiger partial charge in [0, 0.05) is 19.4 Å². The van der Waals surface area contributed by atoms with Crippen LogP contribution in [0.25, 0.3) is 0 Å². The highest BCUT2D eigenvalue weighted by Gasteiger charge is 2.36. The van der Waals surface area contributed by atoms with E-state index in [1.54, 1.807) is 36.1 Å². The van der Waals surface area contributed by atoms with E-state index in [1.165, 1.54) is 7.11 Å². The molecule has 1 aliphatic heterocycles. The van der Waals surface area contributed by atoms with Crippen LogP contribution in [0.1, 0.15) is 38.8 Å². The maximum atomic E-state index is 12.9. The van der Waals surface area contributed by atoms with Gasteiger partial charge in [-0.25, -0.2) is 9.59 Å². The minimum Gasteiger partial charge on any atom is -0.479 e. The summed E-state index contributed by atoms with van der Waals surface area (Å²) in [6.07, 6.45) is 0.812. The van der Waals surface area contributed by atoms with Gasteiger partial charge in [-0.1, -0.05) is 26.0 Å². The van der Waals surface area contributed by atoms with Crippen LogP contribution in [0.2, 0.25) is 0 Å². The molecule has 1 aromatic carbocycles. The lowest BCUT2D eigenvalue weighted by molar-refractivity contribution is -0.140. The predicted octanol–water partition coefficient (Wildman–Crippen LogP) is 3.16. The standard InChI is InChI=1S/C22H29N3O5/c1-15(2)9-11-25-16(3)19(21(26)30-14-13-28-4)20(24-22(25)27)17-5-7-18(8-6-17)29-12-10-23/h5-8,15,20H,9,11-14H2,1-4H3,(H,24,27)/t20-/m1/s1. The Hall–Kier alpha value is -3.05. The summed E-state index contributed by atoms with van der Waals surface area (Å²) in [5.74, 6) is 0.459. The van der Waals surface area contributed by atoms with Gasteiger partial charge >= 0.3 is 12.0 Å². The Labute approximate surface area is 177 Å². The lowest BCUT2D eigenvalue weighted by Crippen LogP contribution is -2.48. The van der Waals surface area contributed by atoms with E-state index in [-0.39, 0.29) is 25.9 Å². The average Bonchev–Trinajstić information content (AvgIpc) is 2.72. The van der Waals surface area contributed by atoms with Crippen LogP contribution >= 0.6 is 0 Å². The van der Waals surface area contributed by atoms with Gasteiger partial charge in [0.25, 0.3) is 0 Å². The Morgan fingerprint density at radius 2 is 1.97 bits per heavy atom. The van der Waals surface area contributed by atoms with Gasteiger partial charge in [0.2, 0.25) is 0 Å². The zero-order valence-electron chi connectivity index (χ0n) is 17.9. The van der Waals surface area contributed by atoms with Gasteiger partial charge in [0.05, 0.1) is 18.2 Å². The summed E-state index contributed by atoms with van der Waals surface area (Å²) < 4.78 is 15.6. The minimum atomic E-state index is -0.645. The van der Waals surface area contributed by atoms with Crippen LogP contribution in [-0.4, -0.2) is 50.4 Å². The van der Waals surface area contributed by atoms with Crippen molar-refractivity contribution in [3.8, 4) is 11.8 Å². The molecule has 162 valence electrons. The molecule has 1 aromatic rings. The Balaban J connectivity index is 2.35. The molecule has 1 heterocycles. The zero-order chi connectivity index (χ0) is 22.1. The highest BCUT2D eigenvalue weighted by Crippen LogP contribution is 2.32. The summed E-state index contributed by atoms with van der Waals surface area (Å²) in [5, 5.41) is 11.6. The van der Waals surface area contributed by atoms with Crippen molar-refractivity contribution < 1.29 is 23.8 Å². The minimum absolute atomic E-state index is 0.0551. The number of amides is 2. The lowest BCUT2D eigenvalue weighted by Gasteiger charge is -2.35. The van der Waals surface area contributed by atoms with Crippen molar-refractivity contribution in [2.45, 2.75) is 33.2 Å². The molecule has 0 aliphatic carbocycles. The molecule has 30 heavy (non-hydrogen) atoms. The first-order chi connectivity index (χ1) is 14.4. The predicted molar refractivity (Wildman–Crippen MR) is 111 cm³/mol. The van der Waals surface area contributed by atoms with Crippen molar-refractivity contribution in [1.29, 1.82) is 5.26 Å². The monoisotopic (exact) mass is 415 g/mol. The van der Waals surface area contributed by atoms with E-state index in [9.17, 15) is 9.59 Å². The molecule has 8 nitrogen and oxygen atoms in total. The number of hydrogen-bond acceptors (Lipinski definition) is 6. The van der Waals surface area contributed by atoms with E-state index in [0.29, 0.717) is 35.0 Å². The van der Waals surface area contributed by atoms with E-state index < -0.39 is 12.0 Å². The second-order valence-corrected chi connectivity index (χ2v) is 7.36. The number of carbonyl (C=O) groups excluding carboxylic acids is 2. The molecule has 1 N–H and O–H groups in total. The number of methoxy groups -OCH3 is 1. The Morgan fingerprint density at radius 3 is 2.57 bits per heavy atom. The molecule has 0 bridgehead atoms. The number of carbonyl (C=O) groups is 2. The molecule has 0 radical (unpaired) electrons. The molecule has 0 fully saturated rings. The fourth-order valence-electron chi connectivity index (χ4n) is 3.12. The normalized spacial score (nSPS) is 16.3. The topological polar surface area (TPSA) is 101 Å². The van der Waals surface area contributed by atoms with Gasteiger partial charge in [-0.2, -0.15) is 5.26 Å². The quantitative estimate of drug-likeness (QED) is 0.465. The Bertz CT molecular complexity index is 811. The molecule has 0 aromatic heterocycles. The number of nitriles is 1. The largest absolute Gasteiger partial charge is 0.479 e. The van der Waals surface area contributed by atoms with Gasteiger partial charge in [-0.15, -0.1) is 0 Å². The van der Waals surface area contributed by atoms with E-state index in [4.69, 9.17) is 19.5 Å². The smallest absolute Gasteiger partial charge is 0.338 e. The van der Waals surface area contributed by atoms with E-state index >= 15 is 0 Å². The third-order valence-corrected chi connectivity index (χ3v) is 4.78. The molecule has 8 heteroatoms. The third-order valence-electron chi connectivity index (χ3n) is 4.78. The van der Waals surface area contributed by atoms with Gasteiger partial charge in [-0.3, -0.25) is 4.90 Å². The summed E-state index contributed by atoms with van der Waals surface area (Å²) in [6.45, 7) is 6.80. The third kappa shape index (κ3) is 5.97. The molecular formula is C22H29N3O5. The van der Waals surface area contributed by atoms with E-state index in [1.807, 2.05) is 6.07 Å². The summed E-state index contributed by atoms with van der Waals surface area (Å²) in [4.78, 5) is 27.3. The van der Waals surface area contributed by atoms with Gasteiger partial charge < -0.3 is 19.5 Å². The summed E-state index contributed by atoms with van der Waals surface area (Å²) in [6, 6.07) is 7.94. The molecule has 2 amide bonds. The number of ether oxygens (including phenoxy) is 3. The van der Waals surface area contributed by atoms with Crippen LogP contribution in [0.3, 0.4) is 0 Å². The number of urea groups is 1. The molecule has 0 unspecified atom stereocenters. The van der Waals surface area contributed by atoms with Crippen LogP contribution < -0.4 is 10.1 Å². The number of nitrogens with zero attached hydrogens (tertiary/aromatic N) is 2. The molecule has 0 spiro atoms. The van der Waals surface area contributed by atoms with Crippen molar-refractivity contribution in [3.05, 3.63) is 41.1 Å². The lowest BCUT2D eigenvalue weighted by atomic mass is 9.94. The van der Waals surface area contributed by atoms with E-state index in [0.717, 1.165) is 6.42 Å². The fraction of sp³-hybridized carbons (Fsp3) is 0.500. The number of allylic oxidation sites excluding steroid dienone is 1. The number of hydrogen-bond donors (Lipinski definition) is 1. The molecule has 0 saturated heterocycles. The van der Waals surface area contributed by atoms with Crippen molar-refractivity contribution >= 4 is 12.0 Å². The summed E-state index contributed by atoms with van der Waals surface area (Å²) >= 11 is 0. The van der Waals surface area contributed by atoms with Crippen LogP contribution in [0.5, 0.6) is 5.75 Å². The maximum absolute atomic E-state index is 12.9. The van der Waals surface area contributed by atoms with Crippen molar-refractivity contribution in [3.63, 3.8) is 0 Å². The Morgan fingerprint density at radius 1 is 1.27 bits per heavy atom. The number of esters is 1. The second kappa shape index (κ2) is 11.2. The van der Waals surface area contributed by atoms with Crippen molar-refractivity contribution in [2.75, 3.05) is 33.5 Å². The number of rotatable bonds is 10. The van der Waals surface area contributed by atoms with Crippen molar-refractivity contribution in [2.24, 2.45) is 5.92 Å². The molecule has 2 rings (SSSR count). The van der Waals surface area contributed by atoms with E-state index in [2.05, 4.69) is 19.2 Å². The molecule has 0 saturated carbocycles. The molecule has 1 aliphatic rings. The second-order valence-electron chi connectivity index (χ2n) is 7.36. The average molecular weight is 415 g/mol. The van der Waals surface area contributed by atoms with Crippen LogP contribution in [0.15, 0.2) is 35.5 Å². The highest BCUT2D eigenvalue weighted by molar-refractivity contribution is 5.95. The van der Waals surface area contributed by atoms with Crippen LogP contribution in [0.4, 0.5) is 4.79 Å². The number of benzene rings is 1. The zero-order valence-corrected chi connectivity index (χ0v) is 17.9. The summed E-state index contributed by atoms with van der Waals surface area (Å²) in [5.41, 5.74) is 1.69. The Kier molecular flexibility index (Phi) is 8.69. The summed E-state index contributed by atoms with van der Waals surface area (Å²) in [7, 11) is 1.53. The molecular weight excluding hydrogens is 386 g/mol. The first kappa shape index (κ1) is 23.2. The van der Waals surface area contributed by atoms with Crippen LogP contribution in [-0.2, 0) is 14.3 Å². The fourth-order valence-corrected chi connectivity index (χ4v) is 3.12. The highest BCUT2D eigenvalue weighted by atomic mass is 16.6. The first-order valence-corrected chi connectivity index (χ1v) is 9.93. The van der Waals surface area contributed by atoms with Crippen LogP contribution in [0, 0.1) is 17.2 Å². The maximum Gasteiger partial charge on any atom is 0.338 e.